The molecule has 1 atom stereocenters. The van der Waals surface area contributed by atoms with Crippen LogP contribution in [0, 0.1) is 11.3 Å². The molecular formula is C19H19N3O2S2. The minimum absolute atomic E-state index is 0.159. The van der Waals surface area contributed by atoms with Crippen molar-refractivity contribution in [2.24, 2.45) is 0 Å². The Morgan fingerprint density at radius 1 is 1.42 bits per heavy atom. The molecule has 5 nitrogen and oxygen atoms in total. The Labute approximate surface area is 162 Å². The number of thiocarbonyl (C=S) groups is 1. The van der Waals surface area contributed by atoms with Crippen molar-refractivity contribution >= 4 is 39.6 Å². The van der Waals surface area contributed by atoms with Crippen LogP contribution in [0.2, 0.25) is 0 Å². The zero-order chi connectivity index (χ0) is 18.5. The second kappa shape index (κ2) is 8.41. The summed E-state index contributed by atoms with van der Waals surface area (Å²) in [5, 5.41) is 16.1. The summed E-state index contributed by atoms with van der Waals surface area (Å²) in [4.78, 5) is 13.2. The van der Waals surface area contributed by atoms with E-state index in [1.165, 1.54) is 11.3 Å². The fraction of sp³-hybridized carbons (Fsp3) is 0.316. The average molecular weight is 386 g/mol. The molecule has 7 heteroatoms. The lowest BCUT2D eigenvalue weighted by molar-refractivity contribution is 0.0249. The summed E-state index contributed by atoms with van der Waals surface area (Å²) in [7, 11) is 0. The fourth-order valence-electron chi connectivity index (χ4n) is 2.94. The van der Waals surface area contributed by atoms with Crippen LogP contribution >= 0.6 is 23.6 Å². The Morgan fingerprint density at radius 3 is 2.88 bits per heavy atom. The largest absolute Gasteiger partial charge is 0.372 e. The van der Waals surface area contributed by atoms with E-state index in [-0.39, 0.29) is 17.1 Å². The van der Waals surface area contributed by atoms with Gasteiger partial charge in [-0.05, 0) is 36.3 Å². The number of amides is 1. The number of anilines is 1. The monoisotopic (exact) mass is 385 g/mol. The first-order valence-corrected chi connectivity index (χ1v) is 9.68. The molecule has 0 saturated carbocycles. The molecule has 1 aliphatic heterocycles. The third-order valence-electron chi connectivity index (χ3n) is 4.19. The topological polar surface area (TPSA) is 74.1 Å². The van der Waals surface area contributed by atoms with Gasteiger partial charge in [0.15, 0.2) is 5.11 Å². The number of benzene rings is 1. The fourth-order valence-corrected chi connectivity index (χ4v) is 4.30. The maximum Gasteiger partial charge on any atom is 0.257 e. The van der Waals surface area contributed by atoms with E-state index in [1.807, 2.05) is 6.07 Å². The first kappa shape index (κ1) is 18.5. The summed E-state index contributed by atoms with van der Waals surface area (Å²) in [6.45, 7) is 2.64. The Morgan fingerprint density at radius 2 is 2.19 bits per heavy atom. The van der Waals surface area contributed by atoms with E-state index < -0.39 is 0 Å². The summed E-state index contributed by atoms with van der Waals surface area (Å²) >= 11 is 6.71. The van der Waals surface area contributed by atoms with Crippen LogP contribution in [0.1, 0.15) is 46.1 Å². The van der Waals surface area contributed by atoms with Crippen LogP contribution in [-0.2, 0) is 17.8 Å². The number of nitrogens with one attached hydrogen (secondary N) is 2. The minimum atomic E-state index is -0.283. The molecule has 26 heavy (non-hydrogen) atoms. The standard InChI is InChI=1S/C19H19N3O2S2/c1-2-6-13-9-14-15(10-20)18(26-16(14)11-24-13)22-19(25)21-17(23)12-7-4-3-5-8-12/h3-5,7-8,13H,2,6,9,11H2,1H3,(H2,21,22,23,25)/t13-/m1/s1. The molecule has 1 amide bonds. The third kappa shape index (κ3) is 4.10. The Kier molecular flexibility index (Phi) is 5.99. The molecule has 1 aromatic heterocycles. The highest BCUT2D eigenvalue weighted by atomic mass is 32.1. The highest BCUT2D eigenvalue weighted by Gasteiger charge is 2.26. The van der Waals surface area contributed by atoms with Crippen LogP contribution in [0.3, 0.4) is 0 Å². The lowest BCUT2D eigenvalue weighted by Gasteiger charge is -2.22. The summed E-state index contributed by atoms with van der Waals surface area (Å²) in [5.41, 5.74) is 2.17. The lowest BCUT2D eigenvalue weighted by atomic mass is 9.99. The Balaban J connectivity index is 1.71. The van der Waals surface area contributed by atoms with Crippen molar-refractivity contribution < 1.29 is 9.53 Å². The number of thiophene rings is 1. The number of carbonyl (C=O) groups excluding carboxylic acids is 1. The minimum Gasteiger partial charge on any atom is -0.372 e. The molecule has 2 aromatic rings. The van der Waals surface area contributed by atoms with Crippen molar-refractivity contribution in [2.45, 2.75) is 38.9 Å². The van der Waals surface area contributed by atoms with Crippen LogP contribution in [-0.4, -0.2) is 17.1 Å². The van der Waals surface area contributed by atoms with Gasteiger partial charge in [0.1, 0.15) is 11.1 Å². The predicted molar refractivity (Wildman–Crippen MR) is 106 cm³/mol. The number of hydrogen-bond donors (Lipinski definition) is 2. The second-order valence-electron chi connectivity index (χ2n) is 6.02. The van der Waals surface area contributed by atoms with Crippen LogP contribution in [0.5, 0.6) is 0 Å². The molecule has 0 fully saturated rings. The highest BCUT2D eigenvalue weighted by Crippen LogP contribution is 2.37. The van der Waals surface area contributed by atoms with E-state index in [2.05, 4.69) is 23.6 Å². The van der Waals surface area contributed by atoms with Crippen molar-refractivity contribution in [3.63, 3.8) is 0 Å². The van der Waals surface area contributed by atoms with Crippen molar-refractivity contribution in [3.8, 4) is 6.07 Å². The zero-order valence-electron chi connectivity index (χ0n) is 14.4. The first-order chi connectivity index (χ1) is 12.6. The Hall–Kier alpha value is -2.27. The molecule has 1 aliphatic rings. The van der Waals surface area contributed by atoms with Gasteiger partial charge in [0.2, 0.25) is 0 Å². The van der Waals surface area contributed by atoms with Gasteiger partial charge in [0.25, 0.3) is 5.91 Å². The van der Waals surface area contributed by atoms with Gasteiger partial charge in [0.05, 0.1) is 18.3 Å². The van der Waals surface area contributed by atoms with Crippen LogP contribution in [0.15, 0.2) is 30.3 Å². The van der Waals surface area contributed by atoms with Crippen molar-refractivity contribution in [1.29, 1.82) is 5.26 Å². The number of hydrogen-bond acceptors (Lipinski definition) is 5. The number of nitrogens with zero attached hydrogens (tertiary/aromatic N) is 1. The summed E-state index contributed by atoms with van der Waals surface area (Å²) in [5.74, 6) is -0.283. The summed E-state index contributed by atoms with van der Waals surface area (Å²) in [6, 6.07) is 11.1. The third-order valence-corrected chi connectivity index (χ3v) is 5.51. The van der Waals surface area contributed by atoms with Gasteiger partial charge >= 0.3 is 0 Å². The van der Waals surface area contributed by atoms with Gasteiger partial charge in [-0.1, -0.05) is 31.5 Å². The number of fused-ring (bicyclic) bond motifs is 1. The molecule has 0 saturated heterocycles. The molecule has 2 N–H and O–H groups in total. The Bertz CT molecular complexity index is 856. The number of nitriles is 1. The van der Waals surface area contributed by atoms with E-state index in [4.69, 9.17) is 17.0 Å². The molecule has 2 heterocycles. The number of rotatable bonds is 4. The van der Waals surface area contributed by atoms with Gasteiger partial charge in [-0.25, -0.2) is 0 Å². The molecule has 0 unspecified atom stereocenters. The van der Waals surface area contributed by atoms with Crippen LogP contribution in [0.25, 0.3) is 0 Å². The summed E-state index contributed by atoms with van der Waals surface area (Å²) in [6.07, 6.45) is 2.93. The molecule has 0 aliphatic carbocycles. The van der Waals surface area contributed by atoms with Gasteiger partial charge < -0.3 is 10.1 Å². The molecule has 0 bridgehead atoms. The van der Waals surface area contributed by atoms with Gasteiger partial charge in [-0.3, -0.25) is 10.1 Å². The van der Waals surface area contributed by atoms with Crippen molar-refractivity contribution in [3.05, 3.63) is 51.9 Å². The maximum atomic E-state index is 12.2. The number of carbonyl (C=O) groups is 1. The molecule has 1 aromatic carbocycles. The normalized spacial score (nSPS) is 15.6. The molecule has 0 radical (unpaired) electrons. The van der Waals surface area contributed by atoms with E-state index in [9.17, 15) is 10.1 Å². The molecule has 134 valence electrons. The summed E-state index contributed by atoms with van der Waals surface area (Å²) < 4.78 is 5.86. The van der Waals surface area contributed by atoms with Gasteiger partial charge in [-0.2, -0.15) is 5.26 Å². The smallest absolute Gasteiger partial charge is 0.257 e. The molecule has 0 spiro atoms. The average Bonchev–Trinajstić information content (AvgIpc) is 2.98. The lowest BCUT2D eigenvalue weighted by Crippen LogP contribution is -2.34. The SMILES string of the molecule is CCC[C@@H]1Cc2c(sc(NC(=S)NC(=O)c3ccccc3)c2C#N)CO1. The van der Waals surface area contributed by atoms with Gasteiger partial charge in [0, 0.05) is 16.9 Å². The van der Waals surface area contributed by atoms with Crippen molar-refractivity contribution in [1.82, 2.24) is 5.32 Å². The zero-order valence-corrected chi connectivity index (χ0v) is 16.0. The van der Waals surface area contributed by atoms with Crippen molar-refractivity contribution in [2.75, 3.05) is 5.32 Å². The maximum absolute atomic E-state index is 12.2. The first-order valence-electron chi connectivity index (χ1n) is 8.46. The van der Waals surface area contributed by atoms with E-state index in [1.54, 1.807) is 24.3 Å². The molecule has 3 rings (SSSR count). The molecular weight excluding hydrogens is 366 g/mol. The quantitative estimate of drug-likeness (QED) is 0.779. The van der Waals surface area contributed by atoms with Gasteiger partial charge in [-0.15, -0.1) is 11.3 Å². The van der Waals surface area contributed by atoms with E-state index in [0.29, 0.717) is 22.7 Å². The highest BCUT2D eigenvalue weighted by molar-refractivity contribution is 7.80. The second-order valence-corrected chi connectivity index (χ2v) is 7.53. The van der Waals surface area contributed by atoms with E-state index in [0.717, 1.165) is 29.7 Å². The number of ether oxygens (including phenoxy) is 1. The van der Waals surface area contributed by atoms with Crippen LogP contribution < -0.4 is 10.6 Å². The predicted octanol–water partition coefficient (Wildman–Crippen LogP) is 3.99. The van der Waals surface area contributed by atoms with E-state index >= 15 is 0 Å². The van der Waals surface area contributed by atoms with Crippen LogP contribution in [0.4, 0.5) is 5.00 Å².